The summed E-state index contributed by atoms with van der Waals surface area (Å²) in [7, 11) is 0. The molecule has 0 spiro atoms. The molecule has 0 radical (unpaired) electrons. The van der Waals surface area contributed by atoms with Crippen molar-refractivity contribution < 1.29 is 4.79 Å². The van der Waals surface area contributed by atoms with Crippen LogP contribution in [0.4, 0.5) is 0 Å². The standard InChI is InChI=1S/C15H24N2O/c1-4-13(12-9-7-6-8-10-12)14(18)17-15(3,5-2)11-16/h6-10,13H,4-5,11,16H2,1-3H3,(H,17,18). The Morgan fingerprint density at radius 1 is 1.33 bits per heavy atom. The van der Waals surface area contributed by atoms with Gasteiger partial charge in [-0.2, -0.15) is 0 Å². The third-order valence-corrected chi connectivity index (χ3v) is 3.58. The zero-order chi connectivity index (χ0) is 13.6. The quantitative estimate of drug-likeness (QED) is 0.812. The summed E-state index contributed by atoms with van der Waals surface area (Å²) in [6.07, 6.45) is 1.63. The normalized spacial score (nSPS) is 15.8. The molecule has 3 nitrogen and oxygen atoms in total. The largest absolute Gasteiger partial charge is 0.349 e. The first-order valence-electron chi connectivity index (χ1n) is 6.63. The van der Waals surface area contributed by atoms with Crippen molar-refractivity contribution in [2.75, 3.05) is 6.54 Å². The fourth-order valence-corrected chi connectivity index (χ4v) is 1.93. The predicted molar refractivity (Wildman–Crippen MR) is 75.4 cm³/mol. The second kappa shape index (κ2) is 6.55. The van der Waals surface area contributed by atoms with Crippen LogP contribution in [0.15, 0.2) is 30.3 Å². The number of benzene rings is 1. The predicted octanol–water partition coefficient (Wildman–Crippen LogP) is 2.42. The molecule has 0 saturated heterocycles. The van der Waals surface area contributed by atoms with Crippen molar-refractivity contribution in [1.82, 2.24) is 5.32 Å². The monoisotopic (exact) mass is 248 g/mol. The Labute approximate surface area is 110 Å². The lowest BCUT2D eigenvalue weighted by molar-refractivity contribution is -0.124. The molecule has 1 amide bonds. The van der Waals surface area contributed by atoms with Gasteiger partial charge in [0.05, 0.1) is 5.92 Å². The molecule has 3 heteroatoms. The summed E-state index contributed by atoms with van der Waals surface area (Å²) >= 11 is 0. The van der Waals surface area contributed by atoms with Crippen molar-refractivity contribution in [3.05, 3.63) is 35.9 Å². The van der Waals surface area contributed by atoms with Gasteiger partial charge < -0.3 is 11.1 Å². The smallest absolute Gasteiger partial charge is 0.227 e. The van der Waals surface area contributed by atoms with Crippen LogP contribution < -0.4 is 11.1 Å². The molecular weight excluding hydrogens is 224 g/mol. The lowest BCUT2D eigenvalue weighted by Crippen LogP contribution is -2.52. The van der Waals surface area contributed by atoms with Gasteiger partial charge in [0.1, 0.15) is 0 Å². The van der Waals surface area contributed by atoms with Crippen molar-refractivity contribution >= 4 is 5.91 Å². The maximum atomic E-state index is 12.3. The van der Waals surface area contributed by atoms with Crippen LogP contribution in [-0.4, -0.2) is 18.0 Å². The SMILES string of the molecule is CCC(C(=O)NC(C)(CC)CN)c1ccccc1. The summed E-state index contributed by atoms with van der Waals surface area (Å²) in [5, 5.41) is 3.08. The second-order valence-electron chi connectivity index (χ2n) is 4.98. The highest BCUT2D eigenvalue weighted by Gasteiger charge is 2.26. The highest BCUT2D eigenvalue weighted by atomic mass is 16.2. The first-order chi connectivity index (χ1) is 8.56. The first-order valence-corrected chi connectivity index (χ1v) is 6.63. The van der Waals surface area contributed by atoms with Gasteiger partial charge in [0.15, 0.2) is 0 Å². The van der Waals surface area contributed by atoms with E-state index in [2.05, 4.69) is 5.32 Å². The Bertz CT molecular complexity index is 371. The molecule has 0 bridgehead atoms. The number of hydrogen-bond donors (Lipinski definition) is 2. The van der Waals surface area contributed by atoms with Gasteiger partial charge in [0.25, 0.3) is 0 Å². The number of rotatable bonds is 6. The minimum atomic E-state index is -0.306. The molecule has 1 aromatic rings. The minimum absolute atomic E-state index is 0.0681. The van der Waals surface area contributed by atoms with Gasteiger partial charge in [-0.25, -0.2) is 0 Å². The van der Waals surface area contributed by atoms with Crippen LogP contribution in [-0.2, 0) is 4.79 Å². The maximum Gasteiger partial charge on any atom is 0.227 e. The summed E-state index contributed by atoms with van der Waals surface area (Å²) in [4.78, 5) is 12.3. The first kappa shape index (κ1) is 14.7. The molecule has 2 atom stereocenters. The van der Waals surface area contributed by atoms with Gasteiger partial charge in [0, 0.05) is 12.1 Å². The van der Waals surface area contributed by atoms with Crippen LogP contribution in [0.25, 0.3) is 0 Å². The van der Waals surface area contributed by atoms with E-state index in [1.54, 1.807) is 0 Å². The van der Waals surface area contributed by atoms with E-state index in [9.17, 15) is 4.79 Å². The van der Waals surface area contributed by atoms with E-state index >= 15 is 0 Å². The van der Waals surface area contributed by atoms with E-state index in [1.165, 1.54) is 0 Å². The summed E-state index contributed by atoms with van der Waals surface area (Å²) in [6, 6.07) is 9.89. The molecule has 0 saturated carbocycles. The van der Waals surface area contributed by atoms with Gasteiger partial charge in [0.2, 0.25) is 5.91 Å². The molecule has 18 heavy (non-hydrogen) atoms. The van der Waals surface area contributed by atoms with Gasteiger partial charge in [-0.3, -0.25) is 4.79 Å². The van der Waals surface area contributed by atoms with E-state index in [0.29, 0.717) is 6.54 Å². The lowest BCUT2D eigenvalue weighted by atomic mass is 9.92. The zero-order valence-electron chi connectivity index (χ0n) is 11.6. The van der Waals surface area contributed by atoms with Crippen LogP contribution in [0.2, 0.25) is 0 Å². The van der Waals surface area contributed by atoms with Crippen molar-refractivity contribution in [2.24, 2.45) is 5.73 Å². The Kier molecular flexibility index (Phi) is 5.35. The molecule has 1 rings (SSSR count). The third kappa shape index (κ3) is 3.57. The third-order valence-electron chi connectivity index (χ3n) is 3.58. The summed E-state index contributed by atoms with van der Waals surface area (Å²) in [5.74, 6) is -0.0258. The Balaban J connectivity index is 2.81. The number of amides is 1. The molecule has 3 N–H and O–H groups in total. The van der Waals surface area contributed by atoms with Crippen LogP contribution in [0.5, 0.6) is 0 Å². The average molecular weight is 248 g/mol. The number of nitrogens with one attached hydrogen (secondary N) is 1. The molecule has 0 aromatic heterocycles. The molecule has 0 heterocycles. The van der Waals surface area contributed by atoms with E-state index in [1.807, 2.05) is 51.1 Å². The Morgan fingerprint density at radius 2 is 1.94 bits per heavy atom. The van der Waals surface area contributed by atoms with Crippen LogP contribution in [0.1, 0.15) is 45.1 Å². The topological polar surface area (TPSA) is 55.1 Å². The van der Waals surface area contributed by atoms with Gasteiger partial charge in [-0.15, -0.1) is 0 Å². The highest BCUT2D eigenvalue weighted by Crippen LogP contribution is 2.21. The van der Waals surface area contributed by atoms with Crippen LogP contribution in [0.3, 0.4) is 0 Å². The lowest BCUT2D eigenvalue weighted by Gasteiger charge is -2.30. The van der Waals surface area contributed by atoms with Crippen molar-refractivity contribution in [2.45, 2.75) is 45.1 Å². The molecule has 0 aliphatic heterocycles. The number of nitrogens with two attached hydrogens (primary N) is 1. The fourth-order valence-electron chi connectivity index (χ4n) is 1.93. The Hall–Kier alpha value is -1.35. The summed E-state index contributed by atoms with van der Waals surface area (Å²) in [6.45, 7) is 6.52. The van der Waals surface area contributed by atoms with E-state index in [4.69, 9.17) is 5.73 Å². The zero-order valence-corrected chi connectivity index (χ0v) is 11.6. The van der Waals surface area contributed by atoms with Crippen LogP contribution in [0, 0.1) is 0 Å². The van der Waals surface area contributed by atoms with Gasteiger partial charge in [-0.05, 0) is 25.3 Å². The van der Waals surface area contributed by atoms with Crippen molar-refractivity contribution in [3.63, 3.8) is 0 Å². The van der Waals surface area contributed by atoms with E-state index < -0.39 is 0 Å². The van der Waals surface area contributed by atoms with E-state index in [0.717, 1.165) is 18.4 Å². The van der Waals surface area contributed by atoms with E-state index in [-0.39, 0.29) is 17.4 Å². The van der Waals surface area contributed by atoms with Crippen LogP contribution >= 0.6 is 0 Å². The molecule has 100 valence electrons. The second-order valence-corrected chi connectivity index (χ2v) is 4.98. The number of carbonyl (C=O) groups is 1. The van der Waals surface area contributed by atoms with Crippen molar-refractivity contribution in [3.8, 4) is 0 Å². The van der Waals surface area contributed by atoms with Crippen molar-refractivity contribution in [1.29, 1.82) is 0 Å². The number of carbonyl (C=O) groups excluding carboxylic acids is 1. The fraction of sp³-hybridized carbons (Fsp3) is 0.533. The minimum Gasteiger partial charge on any atom is -0.349 e. The maximum absolute atomic E-state index is 12.3. The summed E-state index contributed by atoms with van der Waals surface area (Å²) < 4.78 is 0. The van der Waals surface area contributed by atoms with Gasteiger partial charge >= 0.3 is 0 Å². The Morgan fingerprint density at radius 3 is 2.39 bits per heavy atom. The summed E-state index contributed by atoms with van der Waals surface area (Å²) in [5.41, 5.74) is 6.49. The highest BCUT2D eigenvalue weighted by molar-refractivity contribution is 5.84. The number of hydrogen-bond acceptors (Lipinski definition) is 2. The molecule has 0 fully saturated rings. The molecule has 2 unspecified atom stereocenters. The average Bonchev–Trinajstić information content (AvgIpc) is 2.40. The molecule has 1 aromatic carbocycles. The molecular formula is C15H24N2O. The molecule has 0 aliphatic rings. The molecule has 0 aliphatic carbocycles. The van der Waals surface area contributed by atoms with Gasteiger partial charge in [-0.1, -0.05) is 44.2 Å².